The van der Waals surface area contributed by atoms with E-state index in [2.05, 4.69) is 26.0 Å². The quantitative estimate of drug-likeness (QED) is 0.361. The Morgan fingerprint density at radius 1 is 1.10 bits per heavy atom. The molecule has 0 N–H and O–H groups in total. The van der Waals surface area contributed by atoms with Crippen molar-refractivity contribution in [3.63, 3.8) is 0 Å². The number of hydrogen-bond acceptors (Lipinski definition) is 6. The Balaban J connectivity index is 1.80. The van der Waals surface area contributed by atoms with E-state index in [4.69, 9.17) is 14.7 Å². The third-order valence-electron chi connectivity index (χ3n) is 4.92. The molecule has 31 heavy (non-hydrogen) atoms. The first-order valence-electron chi connectivity index (χ1n) is 9.61. The minimum atomic E-state index is -0.201. The predicted molar refractivity (Wildman–Crippen MR) is 124 cm³/mol. The molecule has 0 saturated heterocycles. The van der Waals surface area contributed by atoms with Gasteiger partial charge in [-0.05, 0) is 29.8 Å². The highest BCUT2D eigenvalue weighted by Gasteiger charge is 2.19. The summed E-state index contributed by atoms with van der Waals surface area (Å²) in [5.41, 5.74) is 3.49. The minimum absolute atomic E-state index is 0.201. The van der Waals surface area contributed by atoms with Gasteiger partial charge in [0.2, 0.25) is 0 Å². The highest BCUT2D eigenvalue weighted by atomic mass is 79.9. The Kier molecular flexibility index (Phi) is 5.05. The van der Waals surface area contributed by atoms with Gasteiger partial charge in [-0.15, -0.1) is 0 Å². The van der Waals surface area contributed by atoms with E-state index in [0.29, 0.717) is 40.9 Å². The SMILES string of the molecule is COCCn1cnc2c(c1=O)c1nc3ccccc3nc1n2/N=C/c1cccc(Br)c1. The van der Waals surface area contributed by atoms with Crippen LogP contribution in [0.3, 0.4) is 0 Å². The molecule has 2 aromatic carbocycles. The number of methoxy groups -OCH3 is 1. The lowest BCUT2D eigenvalue weighted by Crippen LogP contribution is -2.22. The summed E-state index contributed by atoms with van der Waals surface area (Å²) in [6, 6.07) is 15.3. The molecule has 0 radical (unpaired) electrons. The van der Waals surface area contributed by atoms with Crippen LogP contribution in [0.4, 0.5) is 0 Å². The fourth-order valence-electron chi connectivity index (χ4n) is 3.42. The highest BCUT2D eigenvalue weighted by molar-refractivity contribution is 9.10. The van der Waals surface area contributed by atoms with Gasteiger partial charge < -0.3 is 4.74 Å². The van der Waals surface area contributed by atoms with Crippen molar-refractivity contribution >= 4 is 55.4 Å². The van der Waals surface area contributed by atoms with E-state index in [1.807, 2.05) is 48.5 Å². The number of halogens is 1. The molecular formula is C22H17BrN6O2. The van der Waals surface area contributed by atoms with Crippen LogP contribution in [0.1, 0.15) is 5.56 Å². The molecular weight excluding hydrogens is 460 g/mol. The van der Waals surface area contributed by atoms with Crippen LogP contribution in [0, 0.1) is 0 Å². The van der Waals surface area contributed by atoms with E-state index in [0.717, 1.165) is 15.6 Å². The zero-order valence-corrected chi connectivity index (χ0v) is 18.2. The molecule has 0 bridgehead atoms. The average Bonchev–Trinajstić information content (AvgIpc) is 3.09. The zero-order valence-electron chi connectivity index (χ0n) is 16.6. The van der Waals surface area contributed by atoms with Crippen LogP contribution in [0.25, 0.3) is 33.2 Å². The summed E-state index contributed by atoms with van der Waals surface area (Å²) in [4.78, 5) is 27.2. The Labute approximate surface area is 185 Å². The summed E-state index contributed by atoms with van der Waals surface area (Å²) in [5.74, 6) is 0. The lowest BCUT2D eigenvalue weighted by Gasteiger charge is -2.04. The molecule has 154 valence electrons. The molecule has 0 atom stereocenters. The van der Waals surface area contributed by atoms with Gasteiger partial charge in [0.05, 0.1) is 30.4 Å². The third-order valence-corrected chi connectivity index (χ3v) is 5.41. The number of aromatic nitrogens is 5. The molecule has 8 nitrogen and oxygen atoms in total. The lowest BCUT2D eigenvalue weighted by molar-refractivity contribution is 0.186. The smallest absolute Gasteiger partial charge is 0.265 e. The molecule has 0 aliphatic rings. The molecule has 0 fully saturated rings. The van der Waals surface area contributed by atoms with E-state index in [1.165, 1.54) is 10.9 Å². The maximum absolute atomic E-state index is 13.2. The molecule has 5 aromatic rings. The number of rotatable bonds is 5. The van der Waals surface area contributed by atoms with Crippen molar-refractivity contribution in [1.29, 1.82) is 0 Å². The van der Waals surface area contributed by atoms with Crippen molar-refractivity contribution in [3.05, 3.63) is 75.2 Å². The van der Waals surface area contributed by atoms with Crippen molar-refractivity contribution in [1.82, 2.24) is 24.2 Å². The van der Waals surface area contributed by atoms with Crippen LogP contribution in [0.15, 0.2) is 69.2 Å². The van der Waals surface area contributed by atoms with Gasteiger partial charge in [-0.2, -0.15) is 9.78 Å². The first kappa shape index (κ1) is 19.5. The Bertz CT molecular complexity index is 1520. The van der Waals surface area contributed by atoms with Gasteiger partial charge in [-0.25, -0.2) is 15.0 Å². The van der Waals surface area contributed by atoms with Crippen LogP contribution in [-0.4, -0.2) is 44.1 Å². The van der Waals surface area contributed by atoms with E-state index < -0.39 is 0 Å². The van der Waals surface area contributed by atoms with Crippen molar-refractivity contribution in [2.45, 2.75) is 6.54 Å². The van der Waals surface area contributed by atoms with Crippen molar-refractivity contribution in [3.8, 4) is 0 Å². The normalized spacial score (nSPS) is 11.9. The van der Waals surface area contributed by atoms with Crippen LogP contribution >= 0.6 is 15.9 Å². The monoisotopic (exact) mass is 476 g/mol. The number of ether oxygens (including phenoxy) is 1. The molecule has 9 heteroatoms. The molecule has 3 aromatic heterocycles. The largest absolute Gasteiger partial charge is 0.383 e. The summed E-state index contributed by atoms with van der Waals surface area (Å²) in [6.45, 7) is 0.800. The Hall–Kier alpha value is -3.43. The lowest BCUT2D eigenvalue weighted by atomic mass is 10.2. The number of benzene rings is 2. The molecule has 3 heterocycles. The van der Waals surface area contributed by atoms with Crippen LogP contribution in [0.2, 0.25) is 0 Å². The van der Waals surface area contributed by atoms with Gasteiger partial charge in [0.15, 0.2) is 11.3 Å². The fourth-order valence-corrected chi connectivity index (χ4v) is 3.84. The van der Waals surface area contributed by atoms with Crippen LogP contribution in [0.5, 0.6) is 0 Å². The average molecular weight is 477 g/mol. The van der Waals surface area contributed by atoms with Crippen molar-refractivity contribution in [2.75, 3.05) is 13.7 Å². The fraction of sp³-hybridized carbons (Fsp3) is 0.136. The van der Waals surface area contributed by atoms with Crippen molar-refractivity contribution in [2.24, 2.45) is 5.10 Å². The molecule has 0 saturated carbocycles. The summed E-state index contributed by atoms with van der Waals surface area (Å²) in [7, 11) is 1.59. The summed E-state index contributed by atoms with van der Waals surface area (Å²) in [5, 5.41) is 4.99. The predicted octanol–water partition coefficient (Wildman–Crippen LogP) is 3.59. The maximum Gasteiger partial charge on any atom is 0.265 e. The Morgan fingerprint density at radius 3 is 2.68 bits per heavy atom. The standard InChI is InChI=1S/C22H17BrN6O2/c1-31-10-9-28-13-24-20-18(22(28)30)19-21(27-17-8-3-2-7-16(17)26-19)29(20)25-12-14-5-4-6-15(23)11-14/h2-8,11-13H,9-10H2,1H3/b25-12+. The second-order valence-corrected chi connectivity index (χ2v) is 7.85. The van der Waals surface area contributed by atoms with E-state index in [1.54, 1.807) is 18.0 Å². The summed E-state index contributed by atoms with van der Waals surface area (Å²) in [6.07, 6.45) is 3.21. The van der Waals surface area contributed by atoms with Gasteiger partial charge in [0.25, 0.3) is 5.56 Å². The van der Waals surface area contributed by atoms with Crippen molar-refractivity contribution < 1.29 is 4.74 Å². The van der Waals surface area contributed by atoms with Gasteiger partial charge in [-0.1, -0.05) is 40.2 Å². The molecule has 5 rings (SSSR count). The second-order valence-electron chi connectivity index (χ2n) is 6.93. The molecule has 0 spiro atoms. The third kappa shape index (κ3) is 3.51. The summed E-state index contributed by atoms with van der Waals surface area (Å²) >= 11 is 3.47. The molecule has 0 aliphatic carbocycles. The van der Waals surface area contributed by atoms with Gasteiger partial charge in [0.1, 0.15) is 17.2 Å². The van der Waals surface area contributed by atoms with Crippen LogP contribution in [-0.2, 0) is 11.3 Å². The van der Waals surface area contributed by atoms with E-state index in [9.17, 15) is 4.79 Å². The number of fused-ring (bicyclic) bond motifs is 4. The Morgan fingerprint density at radius 2 is 1.90 bits per heavy atom. The topological polar surface area (TPSA) is 87.2 Å². The van der Waals surface area contributed by atoms with Gasteiger partial charge in [-0.3, -0.25) is 9.36 Å². The molecule has 0 amide bonds. The highest BCUT2D eigenvalue weighted by Crippen LogP contribution is 2.25. The first-order valence-corrected chi connectivity index (χ1v) is 10.4. The number of para-hydroxylation sites is 2. The maximum atomic E-state index is 13.2. The van der Waals surface area contributed by atoms with Crippen LogP contribution < -0.4 is 5.56 Å². The molecule has 0 unspecified atom stereocenters. The first-order chi connectivity index (χ1) is 15.2. The second kappa shape index (κ2) is 8.01. The zero-order chi connectivity index (χ0) is 21.4. The molecule has 0 aliphatic heterocycles. The number of hydrogen-bond donors (Lipinski definition) is 0. The van der Waals surface area contributed by atoms with E-state index in [-0.39, 0.29) is 5.56 Å². The van der Waals surface area contributed by atoms with Gasteiger partial charge in [0, 0.05) is 11.6 Å². The minimum Gasteiger partial charge on any atom is -0.383 e. The number of nitrogens with zero attached hydrogens (tertiary/aromatic N) is 6. The summed E-state index contributed by atoms with van der Waals surface area (Å²) < 4.78 is 9.15. The van der Waals surface area contributed by atoms with Gasteiger partial charge >= 0.3 is 0 Å². The van der Waals surface area contributed by atoms with E-state index >= 15 is 0 Å².